The van der Waals surface area contributed by atoms with Crippen LogP contribution >= 0.6 is 11.6 Å². The lowest BCUT2D eigenvalue weighted by atomic mass is 10.0. The highest BCUT2D eigenvalue weighted by molar-refractivity contribution is 6.29. The Balaban J connectivity index is 2.51. The lowest BCUT2D eigenvalue weighted by molar-refractivity contribution is -0.116. The highest BCUT2D eigenvalue weighted by atomic mass is 35.5. The maximum atomic E-state index is 11.9. The van der Waals surface area contributed by atoms with Gasteiger partial charge in [0, 0.05) is 12.6 Å². The van der Waals surface area contributed by atoms with Gasteiger partial charge in [0.15, 0.2) is 0 Å². The molecule has 0 N–H and O–H groups in total. The minimum absolute atomic E-state index is 0.0192. The summed E-state index contributed by atoms with van der Waals surface area (Å²) in [5.41, 5.74) is 1.89. The average Bonchev–Trinajstić information content (AvgIpc) is 2.44. The van der Waals surface area contributed by atoms with Crippen LogP contribution in [0.3, 0.4) is 0 Å². The summed E-state index contributed by atoms with van der Waals surface area (Å²) >= 11 is 5.65. The number of anilines is 1. The van der Waals surface area contributed by atoms with Gasteiger partial charge in [0.25, 0.3) is 0 Å². The second kappa shape index (κ2) is 5.48. The zero-order chi connectivity index (χ0) is 13.1. The summed E-state index contributed by atoms with van der Waals surface area (Å²) in [7, 11) is 3.21. The minimum Gasteiger partial charge on any atom is -0.497 e. The smallest absolute Gasteiger partial charge is 0.242 e. The van der Waals surface area contributed by atoms with Crippen LogP contribution in [0.5, 0.6) is 11.5 Å². The van der Waals surface area contributed by atoms with Gasteiger partial charge in [0.1, 0.15) is 17.4 Å². The van der Waals surface area contributed by atoms with Crippen LogP contribution in [0.15, 0.2) is 12.1 Å². The fourth-order valence-electron chi connectivity index (χ4n) is 2.27. The van der Waals surface area contributed by atoms with Gasteiger partial charge in [-0.3, -0.25) is 4.79 Å². The molecule has 0 spiro atoms. The van der Waals surface area contributed by atoms with E-state index in [0.717, 1.165) is 29.8 Å². The van der Waals surface area contributed by atoms with Crippen molar-refractivity contribution >= 4 is 23.2 Å². The molecule has 1 aromatic rings. The summed E-state index contributed by atoms with van der Waals surface area (Å²) < 4.78 is 10.6. The van der Waals surface area contributed by atoms with Crippen LogP contribution in [-0.2, 0) is 11.2 Å². The number of ether oxygens (including phenoxy) is 2. The van der Waals surface area contributed by atoms with Crippen molar-refractivity contribution in [3.8, 4) is 11.5 Å². The number of hydrogen-bond donors (Lipinski definition) is 0. The summed E-state index contributed by atoms with van der Waals surface area (Å²) in [6.07, 6.45) is 1.83. The van der Waals surface area contributed by atoms with Gasteiger partial charge >= 0.3 is 0 Å². The molecule has 1 aliphatic heterocycles. The molecule has 0 saturated heterocycles. The largest absolute Gasteiger partial charge is 0.497 e. The predicted molar refractivity (Wildman–Crippen MR) is 70.9 cm³/mol. The van der Waals surface area contributed by atoms with Crippen LogP contribution in [0, 0.1) is 0 Å². The van der Waals surface area contributed by atoms with Gasteiger partial charge in [-0.05, 0) is 24.5 Å². The molecule has 4 nitrogen and oxygen atoms in total. The molecular weight excluding hydrogens is 254 g/mol. The molecule has 0 radical (unpaired) electrons. The summed E-state index contributed by atoms with van der Waals surface area (Å²) in [6, 6.07) is 3.74. The summed E-state index contributed by atoms with van der Waals surface area (Å²) in [5, 5.41) is 0. The molecule has 0 unspecified atom stereocenters. The number of amides is 1. The minimum atomic E-state index is -0.0962. The number of halogens is 1. The van der Waals surface area contributed by atoms with Crippen molar-refractivity contribution < 1.29 is 14.3 Å². The molecule has 2 rings (SSSR count). The number of benzene rings is 1. The molecule has 0 atom stereocenters. The van der Waals surface area contributed by atoms with Gasteiger partial charge < -0.3 is 14.4 Å². The maximum absolute atomic E-state index is 11.9. The van der Waals surface area contributed by atoms with E-state index >= 15 is 0 Å². The van der Waals surface area contributed by atoms with E-state index in [-0.39, 0.29) is 11.8 Å². The van der Waals surface area contributed by atoms with Crippen LogP contribution < -0.4 is 14.4 Å². The fraction of sp³-hybridized carbons (Fsp3) is 0.462. The van der Waals surface area contributed by atoms with E-state index < -0.39 is 0 Å². The number of aryl methyl sites for hydroxylation is 1. The number of fused-ring (bicyclic) bond motifs is 1. The molecule has 98 valence electrons. The van der Waals surface area contributed by atoms with Crippen molar-refractivity contribution in [2.45, 2.75) is 12.8 Å². The molecule has 18 heavy (non-hydrogen) atoms. The van der Waals surface area contributed by atoms with E-state index in [2.05, 4.69) is 0 Å². The third kappa shape index (κ3) is 2.25. The second-order valence-corrected chi connectivity index (χ2v) is 4.39. The number of alkyl halides is 1. The number of carbonyl (C=O) groups is 1. The average molecular weight is 270 g/mol. The Kier molecular flexibility index (Phi) is 3.97. The molecule has 1 aromatic carbocycles. The molecule has 1 amide bonds. The molecule has 1 aliphatic rings. The first-order chi connectivity index (χ1) is 8.71. The van der Waals surface area contributed by atoms with Crippen LogP contribution in [0.2, 0.25) is 0 Å². The van der Waals surface area contributed by atoms with E-state index in [1.165, 1.54) is 0 Å². The van der Waals surface area contributed by atoms with Crippen molar-refractivity contribution in [3.05, 3.63) is 17.7 Å². The first kappa shape index (κ1) is 13.0. The molecular formula is C13H16ClNO3. The van der Waals surface area contributed by atoms with Crippen LogP contribution in [-0.4, -0.2) is 32.6 Å². The standard InChI is InChI=1S/C13H16ClNO3/c1-17-10-6-9-4-3-5-15(12(16)8-14)13(9)11(7-10)18-2/h6-7H,3-5,8H2,1-2H3. The van der Waals surface area contributed by atoms with Crippen molar-refractivity contribution in [2.75, 3.05) is 31.5 Å². The predicted octanol–water partition coefficient (Wildman–Crippen LogP) is 2.22. The zero-order valence-electron chi connectivity index (χ0n) is 10.5. The summed E-state index contributed by atoms with van der Waals surface area (Å²) in [5.74, 6) is 1.28. The molecule has 0 fully saturated rings. The third-order valence-electron chi connectivity index (χ3n) is 3.10. The quantitative estimate of drug-likeness (QED) is 0.790. The Morgan fingerprint density at radius 1 is 1.39 bits per heavy atom. The van der Waals surface area contributed by atoms with Crippen molar-refractivity contribution in [1.29, 1.82) is 0 Å². The third-order valence-corrected chi connectivity index (χ3v) is 3.32. The molecule has 0 bridgehead atoms. The van der Waals surface area contributed by atoms with E-state index in [4.69, 9.17) is 21.1 Å². The van der Waals surface area contributed by atoms with Crippen LogP contribution in [0.1, 0.15) is 12.0 Å². The van der Waals surface area contributed by atoms with E-state index in [0.29, 0.717) is 12.3 Å². The Bertz CT molecular complexity index is 445. The Morgan fingerprint density at radius 2 is 2.17 bits per heavy atom. The van der Waals surface area contributed by atoms with E-state index in [1.807, 2.05) is 6.07 Å². The first-order valence-electron chi connectivity index (χ1n) is 5.82. The lowest BCUT2D eigenvalue weighted by Gasteiger charge is -2.30. The number of methoxy groups -OCH3 is 2. The Hall–Kier alpha value is -1.42. The lowest BCUT2D eigenvalue weighted by Crippen LogP contribution is -2.36. The zero-order valence-corrected chi connectivity index (χ0v) is 11.3. The summed E-state index contributed by atoms with van der Waals surface area (Å²) in [4.78, 5) is 13.6. The van der Waals surface area contributed by atoms with Crippen molar-refractivity contribution in [2.24, 2.45) is 0 Å². The normalized spacial score (nSPS) is 14.1. The van der Waals surface area contributed by atoms with E-state index in [1.54, 1.807) is 25.2 Å². The van der Waals surface area contributed by atoms with Crippen LogP contribution in [0.4, 0.5) is 5.69 Å². The molecule has 1 heterocycles. The van der Waals surface area contributed by atoms with Gasteiger partial charge in [0.05, 0.1) is 19.9 Å². The summed E-state index contributed by atoms with van der Waals surface area (Å²) in [6.45, 7) is 0.682. The number of nitrogens with zero attached hydrogens (tertiary/aromatic N) is 1. The topological polar surface area (TPSA) is 38.8 Å². The number of hydrogen-bond acceptors (Lipinski definition) is 3. The SMILES string of the molecule is COc1cc2c(c(OC)c1)N(C(=O)CCl)CCC2. The van der Waals surface area contributed by atoms with Gasteiger partial charge in [-0.1, -0.05) is 0 Å². The Labute approximate surface area is 111 Å². The molecule has 5 heteroatoms. The first-order valence-corrected chi connectivity index (χ1v) is 6.36. The van der Waals surface area contributed by atoms with E-state index in [9.17, 15) is 4.79 Å². The van der Waals surface area contributed by atoms with Crippen molar-refractivity contribution in [1.82, 2.24) is 0 Å². The maximum Gasteiger partial charge on any atom is 0.242 e. The fourth-order valence-corrected chi connectivity index (χ4v) is 2.41. The number of rotatable bonds is 3. The van der Waals surface area contributed by atoms with Gasteiger partial charge in [-0.25, -0.2) is 0 Å². The van der Waals surface area contributed by atoms with Gasteiger partial charge in [-0.2, -0.15) is 0 Å². The van der Waals surface area contributed by atoms with Crippen molar-refractivity contribution in [3.63, 3.8) is 0 Å². The second-order valence-electron chi connectivity index (χ2n) is 4.12. The van der Waals surface area contributed by atoms with Gasteiger partial charge in [0.2, 0.25) is 5.91 Å². The van der Waals surface area contributed by atoms with Crippen LogP contribution in [0.25, 0.3) is 0 Å². The monoisotopic (exact) mass is 269 g/mol. The molecule has 0 aliphatic carbocycles. The van der Waals surface area contributed by atoms with Gasteiger partial charge in [-0.15, -0.1) is 11.6 Å². The highest BCUT2D eigenvalue weighted by Crippen LogP contribution is 2.39. The molecule has 0 saturated carbocycles. The molecule has 0 aromatic heterocycles. The number of carbonyl (C=O) groups excluding carboxylic acids is 1. The highest BCUT2D eigenvalue weighted by Gasteiger charge is 2.26. The Morgan fingerprint density at radius 3 is 2.78 bits per heavy atom.